The van der Waals surface area contributed by atoms with Gasteiger partial charge in [0.1, 0.15) is 14.5 Å². The smallest absolute Gasteiger partial charge is 0.260 e. The van der Waals surface area contributed by atoms with Crippen molar-refractivity contribution >= 4 is 54.7 Å². The van der Waals surface area contributed by atoms with Crippen molar-refractivity contribution in [2.45, 2.75) is 6.92 Å². The number of nitrogens with two attached hydrogens (primary N) is 2. The summed E-state index contributed by atoms with van der Waals surface area (Å²) in [5.74, 6) is -0.495. The Bertz CT molecular complexity index is 757. The molecule has 0 saturated carbocycles. The van der Waals surface area contributed by atoms with Gasteiger partial charge in [0.2, 0.25) is 0 Å². The van der Waals surface area contributed by atoms with Gasteiger partial charge in [-0.15, -0.1) is 22.7 Å². The fraction of sp³-hybridized carbons (Fsp3) is 0.0909. The SMILES string of the molecule is Cc1cc2cc3c(N)c(C(N)=O)sc3nc2s1. The molecule has 3 aromatic heterocycles. The molecule has 0 fully saturated rings. The summed E-state index contributed by atoms with van der Waals surface area (Å²) in [6, 6.07) is 4.03. The van der Waals surface area contributed by atoms with Gasteiger partial charge in [-0.05, 0) is 19.1 Å². The summed E-state index contributed by atoms with van der Waals surface area (Å²) in [6.07, 6.45) is 0. The summed E-state index contributed by atoms with van der Waals surface area (Å²) < 4.78 is 0. The Hall–Kier alpha value is -1.66. The molecule has 0 aliphatic carbocycles. The Balaban J connectivity index is 2.42. The van der Waals surface area contributed by atoms with Crippen LogP contribution < -0.4 is 11.5 Å². The monoisotopic (exact) mass is 263 g/mol. The molecule has 3 aromatic rings. The molecule has 3 heterocycles. The summed E-state index contributed by atoms with van der Waals surface area (Å²) in [6.45, 7) is 2.04. The fourth-order valence-electron chi connectivity index (χ4n) is 1.81. The number of carbonyl (C=O) groups is 1. The number of pyridine rings is 1. The maximum absolute atomic E-state index is 11.2. The molecule has 4 nitrogen and oxygen atoms in total. The molecular formula is C11H9N3OS2. The van der Waals surface area contributed by atoms with E-state index in [1.165, 1.54) is 16.2 Å². The Morgan fingerprint density at radius 2 is 2.06 bits per heavy atom. The third-order valence-corrected chi connectivity index (χ3v) is 4.64. The summed E-state index contributed by atoms with van der Waals surface area (Å²) in [4.78, 5) is 19.0. The Kier molecular flexibility index (Phi) is 2.11. The van der Waals surface area contributed by atoms with Gasteiger partial charge in [0.25, 0.3) is 5.91 Å². The molecule has 3 rings (SSSR count). The van der Waals surface area contributed by atoms with Crippen LogP contribution in [0.5, 0.6) is 0 Å². The molecule has 0 saturated heterocycles. The zero-order valence-corrected chi connectivity index (χ0v) is 10.6. The fourth-order valence-corrected chi connectivity index (χ4v) is 3.66. The number of rotatable bonds is 1. The van der Waals surface area contributed by atoms with E-state index in [-0.39, 0.29) is 0 Å². The number of anilines is 1. The number of carbonyl (C=O) groups excluding carboxylic acids is 1. The second-order valence-electron chi connectivity index (χ2n) is 3.80. The number of primary amides is 1. The molecule has 0 aliphatic heterocycles. The zero-order chi connectivity index (χ0) is 12.2. The van der Waals surface area contributed by atoms with E-state index in [0.29, 0.717) is 10.6 Å². The molecule has 0 spiro atoms. The summed E-state index contributed by atoms with van der Waals surface area (Å²) >= 11 is 2.88. The number of amides is 1. The zero-order valence-electron chi connectivity index (χ0n) is 8.98. The second kappa shape index (κ2) is 3.41. The molecule has 0 aromatic carbocycles. The molecule has 0 aliphatic rings. The molecule has 0 unspecified atom stereocenters. The van der Waals surface area contributed by atoms with Crippen LogP contribution in [0.3, 0.4) is 0 Å². The van der Waals surface area contributed by atoms with Gasteiger partial charge in [-0.25, -0.2) is 4.98 Å². The maximum atomic E-state index is 11.2. The van der Waals surface area contributed by atoms with Crippen molar-refractivity contribution in [1.82, 2.24) is 4.98 Å². The van der Waals surface area contributed by atoms with Gasteiger partial charge in [-0.2, -0.15) is 0 Å². The number of thiophene rings is 2. The minimum Gasteiger partial charge on any atom is -0.397 e. The molecule has 0 atom stereocenters. The first-order valence-electron chi connectivity index (χ1n) is 4.95. The maximum Gasteiger partial charge on any atom is 0.260 e. The van der Waals surface area contributed by atoms with E-state index in [1.807, 2.05) is 13.0 Å². The van der Waals surface area contributed by atoms with Crippen LogP contribution in [0.25, 0.3) is 20.4 Å². The molecule has 0 bridgehead atoms. The van der Waals surface area contributed by atoms with Crippen LogP contribution in [-0.2, 0) is 0 Å². The number of hydrogen-bond donors (Lipinski definition) is 2. The van der Waals surface area contributed by atoms with Crippen LogP contribution in [0.15, 0.2) is 12.1 Å². The van der Waals surface area contributed by atoms with E-state index in [9.17, 15) is 4.79 Å². The number of fused-ring (bicyclic) bond motifs is 2. The molecular weight excluding hydrogens is 254 g/mol. The predicted molar refractivity (Wildman–Crippen MR) is 72.7 cm³/mol. The van der Waals surface area contributed by atoms with Crippen molar-refractivity contribution in [3.05, 3.63) is 21.9 Å². The molecule has 1 amide bonds. The molecule has 4 N–H and O–H groups in total. The first-order chi connectivity index (χ1) is 8.06. The highest BCUT2D eigenvalue weighted by atomic mass is 32.1. The van der Waals surface area contributed by atoms with Gasteiger partial charge < -0.3 is 11.5 Å². The van der Waals surface area contributed by atoms with Crippen molar-refractivity contribution in [1.29, 1.82) is 0 Å². The average molecular weight is 263 g/mol. The Morgan fingerprint density at radius 3 is 2.76 bits per heavy atom. The van der Waals surface area contributed by atoms with Crippen LogP contribution in [-0.4, -0.2) is 10.9 Å². The van der Waals surface area contributed by atoms with Gasteiger partial charge in [-0.3, -0.25) is 4.79 Å². The lowest BCUT2D eigenvalue weighted by molar-refractivity contribution is 0.100. The van der Waals surface area contributed by atoms with E-state index < -0.39 is 5.91 Å². The highest BCUT2D eigenvalue weighted by molar-refractivity contribution is 7.22. The van der Waals surface area contributed by atoms with Gasteiger partial charge in [0, 0.05) is 15.6 Å². The van der Waals surface area contributed by atoms with E-state index >= 15 is 0 Å². The number of hydrogen-bond acceptors (Lipinski definition) is 5. The predicted octanol–water partition coefficient (Wildman–Crippen LogP) is 2.50. The standard InChI is InChI=1S/C11H9N3OS2/c1-4-2-5-3-6-7(12)8(9(13)15)17-11(6)14-10(5)16-4/h2-3H,12H2,1H3,(H2,13,15). The highest BCUT2D eigenvalue weighted by Gasteiger charge is 2.15. The first kappa shape index (κ1) is 10.5. The van der Waals surface area contributed by atoms with Crippen LogP contribution in [0.2, 0.25) is 0 Å². The summed E-state index contributed by atoms with van der Waals surface area (Å²) in [5, 5.41) is 1.87. The molecule has 0 radical (unpaired) electrons. The van der Waals surface area contributed by atoms with Crippen molar-refractivity contribution in [2.24, 2.45) is 5.73 Å². The Morgan fingerprint density at radius 1 is 1.29 bits per heavy atom. The van der Waals surface area contributed by atoms with Crippen LogP contribution in [0.1, 0.15) is 14.5 Å². The normalized spacial score (nSPS) is 11.4. The van der Waals surface area contributed by atoms with Crippen LogP contribution >= 0.6 is 22.7 Å². The highest BCUT2D eigenvalue weighted by Crippen LogP contribution is 2.36. The average Bonchev–Trinajstić information content (AvgIpc) is 2.75. The number of aryl methyl sites for hydroxylation is 1. The number of nitrogens with zero attached hydrogens (tertiary/aromatic N) is 1. The van der Waals surface area contributed by atoms with E-state index in [1.54, 1.807) is 11.3 Å². The largest absolute Gasteiger partial charge is 0.397 e. The quantitative estimate of drug-likeness (QED) is 0.707. The number of aromatic nitrogens is 1. The van der Waals surface area contributed by atoms with Crippen molar-refractivity contribution in [3.8, 4) is 0 Å². The van der Waals surface area contributed by atoms with E-state index in [0.717, 1.165) is 20.4 Å². The molecule has 17 heavy (non-hydrogen) atoms. The van der Waals surface area contributed by atoms with Gasteiger partial charge in [-0.1, -0.05) is 0 Å². The van der Waals surface area contributed by atoms with Crippen LogP contribution in [0.4, 0.5) is 5.69 Å². The summed E-state index contributed by atoms with van der Waals surface area (Å²) in [7, 11) is 0. The van der Waals surface area contributed by atoms with E-state index in [4.69, 9.17) is 11.5 Å². The lowest BCUT2D eigenvalue weighted by Gasteiger charge is -1.93. The molecule has 6 heteroatoms. The summed E-state index contributed by atoms with van der Waals surface area (Å²) in [5.41, 5.74) is 11.6. The number of nitrogen functional groups attached to an aromatic ring is 1. The van der Waals surface area contributed by atoms with Gasteiger partial charge in [0.15, 0.2) is 0 Å². The van der Waals surface area contributed by atoms with Gasteiger partial charge in [0.05, 0.1) is 5.69 Å². The Labute approximate surface area is 105 Å². The van der Waals surface area contributed by atoms with Crippen molar-refractivity contribution in [2.75, 3.05) is 5.73 Å². The third kappa shape index (κ3) is 1.49. The third-order valence-electron chi connectivity index (χ3n) is 2.55. The lowest BCUT2D eigenvalue weighted by Crippen LogP contribution is -2.10. The van der Waals surface area contributed by atoms with E-state index in [2.05, 4.69) is 11.1 Å². The molecule has 86 valence electrons. The van der Waals surface area contributed by atoms with Gasteiger partial charge >= 0.3 is 0 Å². The first-order valence-corrected chi connectivity index (χ1v) is 6.58. The topological polar surface area (TPSA) is 82.0 Å². The minimum atomic E-state index is -0.495. The minimum absolute atomic E-state index is 0.391. The lowest BCUT2D eigenvalue weighted by atomic mass is 10.2. The van der Waals surface area contributed by atoms with Crippen molar-refractivity contribution < 1.29 is 4.79 Å². The van der Waals surface area contributed by atoms with Crippen molar-refractivity contribution in [3.63, 3.8) is 0 Å². The van der Waals surface area contributed by atoms with Crippen LogP contribution in [0, 0.1) is 6.92 Å². The second-order valence-corrected chi connectivity index (χ2v) is 6.04.